The zero-order valence-electron chi connectivity index (χ0n) is 8.84. The summed E-state index contributed by atoms with van der Waals surface area (Å²) in [4.78, 5) is 9.85. The minimum Gasteiger partial charge on any atom is -0.232 e. The van der Waals surface area contributed by atoms with Crippen LogP contribution in [0.15, 0.2) is 11.4 Å². The van der Waals surface area contributed by atoms with Crippen molar-refractivity contribution in [3.05, 3.63) is 33.4 Å². The molecule has 2 heterocycles. The minimum absolute atomic E-state index is 0.547. The lowest BCUT2D eigenvalue weighted by Gasteiger charge is -2.04. The minimum atomic E-state index is 0.547. The normalized spacial score (nSPS) is 10.7. The van der Waals surface area contributed by atoms with Crippen LogP contribution < -0.4 is 0 Å². The molecule has 0 aliphatic carbocycles. The number of hydrogen-bond acceptors (Lipinski definition) is 3. The van der Waals surface area contributed by atoms with Gasteiger partial charge in [-0.3, -0.25) is 0 Å². The quantitative estimate of drug-likeness (QED) is 0.707. The molecule has 2 aromatic rings. The van der Waals surface area contributed by atoms with Gasteiger partial charge in [-0.2, -0.15) is 0 Å². The first-order valence-corrected chi connectivity index (χ1v) is 5.90. The van der Waals surface area contributed by atoms with Crippen molar-refractivity contribution in [1.82, 2.24) is 9.97 Å². The zero-order chi connectivity index (χ0) is 11.0. The molecule has 0 bridgehead atoms. The van der Waals surface area contributed by atoms with Crippen molar-refractivity contribution in [1.29, 1.82) is 0 Å². The lowest BCUT2D eigenvalue weighted by atomic mass is 10.2. The Morgan fingerprint density at radius 3 is 2.47 bits per heavy atom. The SMILES string of the molecule is Cc1ccsc1-c1nc(C)c(C)c(Cl)n1. The molecule has 0 saturated carbocycles. The molecule has 0 aliphatic rings. The van der Waals surface area contributed by atoms with E-state index in [1.165, 1.54) is 5.56 Å². The van der Waals surface area contributed by atoms with Crippen molar-refractivity contribution >= 4 is 22.9 Å². The van der Waals surface area contributed by atoms with E-state index in [2.05, 4.69) is 23.0 Å². The molecule has 78 valence electrons. The van der Waals surface area contributed by atoms with Crippen molar-refractivity contribution in [2.45, 2.75) is 20.8 Å². The summed E-state index contributed by atoms with van der Waals surface area (Å²) in [5, 5.41) is 2.59. The average molecular weight is 239 g/mol. The Morgan fingerprint density at radius 1 is 1.20 bits per heavy atom. The van der Waals surface area contributed by atoms with Gasteiger partial charge in [0.2, 0.25) is 0 Å². The molecule has 0 saturated heterocycles. The second-order valence-corrected chi connectivity index (χ2v) is 4.76. The van der Waals surface area contributed by atoms with Gasteiger partial charge >= 0.3 is 0 Å². The maximum absolute atomic E-state index is 6.04. The number of thiophene rings is 1. The van der Waals surface area contributed by atoms with Gasteiger partial charge in [0.15, 0.2) is 5.82 Å². The summed E-state index contributed by atoms with van der Waals surface area (Å²) in [5.74, 6) is 0.732. The number of hydrogen-bond donors (Lipinski definition) is 0. The van der Waals surface area contributed by atoms with Gasteiger partial charge in [-0.1, -0.05) is 11.6 Å². The third kappa shape index (κ3) is 1.90. The Kier molecular flexibility index (Phi) is 2.76. The van der Waals surface area contributed by atoms with Gasteiger partial charge < -0.3 is 0 Å². The van der Waals surface area contributed by atoms with Crippen LogP contribution in [-0.2, 0) is 0 Å². The third-order valence-electron chi connectivity index (χ3n) is 2.39. The maximum atomic E-state index is 6.04. The van der Waals surface area contributed by atoms with Crippen LogP contribution in [0.4, 0.5) is 0 Å². The number of aryl methyl sites for hydroxylation is 2. The summed E-state index contributed by atoms with van der Waals surface area (Å²) in [6.07, 6.45) is 0. The van der Waals surface area contributed by atoms with Gasteiger partial charge in [-0.05, 0) is 37.8 Å². The van der Waals surface area contributed by atoms with Crippen molar-refractivity contribution in [3.8, 4) is 10.7 Å². The summed E-state index contributed by atoms with van der Waals surface area (Å²) in [6, 6.07) is 2.06. The lowest BCUT2D eigenvalue weighted by molar-refractivity contribution is 1.07. The number of rotatable bonds is 1. The third-order valence-corrected chi connectivity index (χ3v) is 3.78. The highest BCUT2D eigenvalue weighted by atomic mass is 35.5. The summed E-state index contributed by atoms with van der Waals surface area (Å²) in [7, 11) is 0. The first kappa shape index (κ1) is 10.6. The van der Waals surface area contributed by atoms with Crippen LogP contribution >= 0.6 is 22.9 Å². The molecule has 0 N–H and O–H groups in total. The molecule has 2 aromatic heterocycles. The van der Waals surface area contributed by atoms with Gasteiger partial charge in [0.1, 0.15) is 5.15 Å². The lowest BCUT2D eigenvalue weighted by Crippen LogP contribution is -1.95. The van der Waals surface area contributed by atoms with E-state index in [1.807, 2.05) is 19.2 Å². The van der Waals surface area contributed by atoms with E-state index < -0.39 is 0 Å². The predicted molar refractivity (Wildman–Crippen MR) is 64.6 cm³/mol. The van der Waals surface area contributed by atoms with Gasteiger partial charge in [-0.25, -0.2) is 9.97 Å². The van der Waals surface area contributed by atoms with Crippen molar-refractivity contribution in [2.24, 2.45) is 0 Å². The second kappa shape index (κ2) is 3.91. The Bertz CT molecular complexity index is 482. The number of nitrogens with zero attached hydrogens (tertiary/aromatic N) is 2. The maximum Gasteiger partial charge on any atom is 0.171 e. The average Bonchev–Trinajstić information content (AvgIpc) is 2.60. The number of halogens is 1. The summed E-state index contributed by atoms with van der Waals surface area (Å²) >= 11 is 7.68. The molecule has 0 spiro atoms. The Labute approximate surface area is 98.0 Å². The van der Waals surface area contributed by atoms with E-state index in [9.17, 15) is 0 Å². The van der Waals surface area contributed by atoms with Gasteiger partial charge in [0.25, 0.3) is 0 Å². The van der Waals surface area contributed by atoms with Gasteiger partial charge in [0.05, 0.1) is 4.88 Å². The molecule has 0 amide bonds. The van der Waals surface area contributed by atoms with E-state index in [4.69, 9.17) is 11.6 Å². The van der Waals surface area contributed by atoms with Crippen LogP contribution in [0.5, 0.6) is 0 Å². The zero-order valence-corrected chi connectivity index (χ0v) is 10.4. The van der Waals surface area contributed by atoms with E-state index in [0.717, 1.165) is 22.0 Å². The Balaban J connectivity index is 2.60. The largest absolute Gasteiger partial charge is 0.232 e. The van der Waals surface area contributed by atoms with Crippen LogP contribution in [0, 0.1) is 20.8 Å². The van der Waals surface area contributed by atoms with Crippen LogP contribution in [0.1, 0.15) is 16.8 Å². The standard InChI is InChI=1S/C11H11ClN2S/c1-6-4-5-15-9(6)11-13-8(3)7(2)10(12)14-11/h4-5H,1-3H3. The molecule has 0 aliphatic heterocycles. The molecule has 15 heavy (non-hydrogen) atoms. The topological polar surface area (TPSA) is 25.8 Å². The van der Waals surface area contributed by atoms with E-state index in [0.29, 0.717) is 5.15 Å². The molecule has 2 rings (SSSR count). The highest BCUT2D eigenvalue weighted by molar-refractivity contribution is 7.13. The van der Waals surface area contributed by atoms with Gasteiger partial charge in [0, 0.05) is 11.3 Å². The molecular weight excluding hydrogens is 228 g/mol. The van der Waals surface area contributed by atoms with E-state index in [-0.39, 0.29) is 0 Å². The fourth-order valence-corrected chi connectivity index (χ4v) is 2.37. The van der Waals surface area contributed by atoms with E-state index >= 15 is 0 Å². The van der Waals surface area contributed by atoms with Crippen LogP contribution in [-0.4, -0.2) is 9.97 Å². The van der Waals surface area contributed by atoms with Crippen molar-refractivity contribution in [2.75, 3.05) is 0 Å². The molecule has 0 radical (unpaired) electrons. The highest BCUT2D eigenvalue weighted by Gasteiger charge is 2.10. The fourth-order valence-electron chi connectivity index (χ4n) is 1.30. The molecular formula is C11H11ClN2S. The Hall–Kier alpha value is -0.930. The van der Waals surface area contributed by atoms with Crippen LogP contribution in [0.2, 0.25) is 5.15 Å². The molecule has 0 atom stereocenters. The van der Waals surface area contributed by atoms with Gasteiger partial charge in [-0.15, -0.1) is 11.3 Å². The number of aromatic nitrogens is 2. The first-order valence-electron chi connectivity index (χ1n) is 4.65. The summed E-state index contributed by atoms with van der Waals surface area (Å²) in [6.45, 7) is 5.94. The molecule has 0 aromatic carbocycles. The smallest absolute Gasteiger partial charge is 0.171 e. The predicted octanol–water partition coefficient (Wildman–Crippen LogP) is 3.78. The van der Waals surface area contributed by atoms with Crippen LogP contribution in [0.25, 0.3) is 10.7 Å². The molecule has 4 heteroatoms. The second-order valence-electron chi connectivity index (χ2n) is 3.48. The molecule has 0 fully saturated rings. The van der Waals surface area contributed by atoms with Crippen molar-refractivity contribution < 1.29 is 0 Å². The monoisotopic (exact) mass is 238 g/mol. The summed E-state index contributed by atoms with van der Waals surface area (Å²) in [5.41, 5.74) is 3.09. The molecule has 2 nitrogen and oxygen atoms in total. The summed E-state index contributed by atoms with van der Waals surface area (Å²) < 4.78 is 0. The fraction of sp³-hybridized carbons (Fsp3) is 0.273. The highest BCUT2D eigenvalue weighted by Crippen LogP contribution is 2.28. The molecule has 0 unspecified atom stereocenters. The van der Waals surface area contributed by atoms with Crippen molar-refractivity contribution in [3.63, 3.8) is 0 Å². The van der Waals surface area contributed by atoms with Crippen LogP contribution in [0.3, 0.4) is 0 Å². The Morgan fingerprint density at radius 2 is 1.93 bits per heavy atom. The van der Waals surface area contributed by atoms with E-state index in [1.54, 1.807) is 11.3 Å². The first-order chi connectivity index (χ1) is 7.09.